The smallest absolute Gasteiger partial charge is 0.413 e. The molecule has 1 N–H and O–H groups in total. The van der Waals surface area contributed by atoms with Crippen LogP contribution in [0, 0.1) is 0 Å². The fraction of sp³-hybridized carbons (Fsp3) is 0.833. The predicted octanol–water partition coefficient (Wildman–Crippen LogP) is 1.27. The van der Waals surface area contributed by atoms with Gasteiger partial charge in [0.05, 0.1) is 7.11 Å². The predicted molar refractivity (Wildman–Crippen MR) is 63.7 cm³/mol. The van der Waals surface area contributed by atoms with E-state index in [0.29, 0.717) is 19.3 Å². The van der Waals surface area contributed by atoms with Crippen molar-refractivity contribution in [3.63, 3.8) is 0 Å². The molecule has 2 atom stereocenters. The molecule has 0 aromatic heterocycles. The van der Waals surface area contributed by atoms with Gasteiger partial charge >= 0.3 is 12.1 Å². The Balaban J connectivity index is 2.84. The zero-order chi connectivity index (χ0) is 13.9. The number of aliphatic hydroxyl groups excluding tert-OH is 1. The number of amides is 1. The fourth-order valence-corrected chi connectivity index (χ4v) is 1.91. The maximum absolute atomic E-state index is 12.0. The molecule has 1 rings (SSSR count). The SMILES string of the molecule is COC(=O)[C@@H]1CCC[C@@H](O)N1C(=O)OC(C)(C)C. The highest BCUT2D eigenvalue weighted by Crippen LogP contribution is 2.24. The van der Waals surface area contributed by atoms with Crippen LogP contribution in [0.4, 0.5) is 4.79 Å². The minimum absolute atomic E-state index is 0.437. The van der Waals surface area contributed by atoms with E-state index in [1.807, 2.05) is 0 Å². The average Bonchev–Trinajstić information content (AvgIpc) is 2.25. The molecular formula is C12H21NO5. The summed E-state index contributed by atoms with van der Waals surface area (Å²) in [6.07, 6.45) is -0.113. The molecule has 1 aliphatic rings. The van der Waals surface area contributed by atoms with E-state index in [1.165, 1.54) is 7.11 Å². The van der Waals surface area contributed by atoms with Gasteiger partial charge in [-0.15, -0.1) is 0 Å². The van der Waals surface area contributed by atoms with Crippen molar-refractivity contribution in [3.8, 4) is 0 Å². The highest BCUT2D eigenvalue weighted by atomic mass is 16.6. The van der Waals surface area contributed by atoms with Gasteiger partial charge in [-0.05, 0) is 40.0 Å². The van der Waals surface area contributed by atoms with Gasteiger partial charge in [0.1, 0.15) is 17.9 Å². The molecule has 0 bridgehead atoms. The van der Waals surface area contributed by atoms with Crippen molar-refractivity contribution in [2.24, 2.45) is 0 Å². The van der Waals surface area contributed by atoms with Gasteiger partial charge in [0.25, 0.3) is 0 Å². The van der Waals surface area contributed by atoms with E-state index in [0.717, 1.165) is 4.90 Å². The molecule has 0 radical (unpaired) electrons. The molecule has 6 nitrogen and oxygen atoms in total. The standard InChI is InChI=1S/C12H21NO5/c1-12(2,3)18-11(16)13-8(10(15)17-4)6-5-7-9(13)14/h8-9,14H,5-7H2,1-4H3/t8-,9+/m0/s1. The summed E-state index contributed by atoms with van der Waals surface area (Å²) in [5.74, 6) is -0.528. The van der Waals surface area contributed by atoms with Crippen LogP contribution in [-0.4, -0.2) is 47.0 Å². The van der Waals surface area contributed by atoms with Gasteiger partial charge in [0, 0.05) is 0 Å². The number of hydrogen-bond donors (Lipinski definition) is 1. The van der Waals surface area contributed by atoms with Crippen LogP contribution in [0.3, 0.4) is 0 Å². The molecule has 0 saturated carbocycles. The van der Waals surface area contributed by atoms with Crippen molar-refractivity contribution in [2.75, 3.05) is 7.11 Å². The third-order valence-electron chi connectivity index (χ3n) is 2.67. The van der Waals surface area contributed by atoms with Crippen molar-refractivity contribution in [3.05, 3.63) is 0 Å². The number of hydrogen-bond acceptors (Lipinski definition) is 5. The van der Waals surface area contributed by atoms with E-state index >= 15 is 0 Å². The summed E-state index contributed by atoms with van der Waals surface area (Å²) in [6, 6.07) is -0.770. The Labute approximate surface area is 107 Å². The topological polar surface area (TPSA) is 76.1 Å². The average molecular weight is 259 g/mol. The van der Waals surface area contributed by atoms with Crippen LogP contribution in [0.25, 0.3) is 0 Å². The van der Waals surface area contributed by atoms with Gasteiger partial charge < -0.3 is 14.6 Å². The van der Waals surface area contributed by atoms with Crippen molar-refractivity contribution >= 4 is 12.1 Å². The quantitative estimate of drug-likeness (QED) is 0.718. The fourth-order valence-electron chi connectivity index (χ4n) is 1.91. The Hall–Kier alpha value is -1.30. The van der Waals surface area contributed by atoms with Gasteiger partial charge in [-0.2, -0.15) is 0 Å². The summed E-state index contributed by atoms with van der Waals surface area (Å²) in [4.78, 5) is 24.7. The van der Waals surface area contributed by atoms with E-state index in [2.05, 4.69) is 4.74 Å². The van der Waals surface area contributed by atoms with Gasteiger partial charge in [-0.25, -0.2) is 9.59 Å². The van der Waals surface area contributed by atoms with Crippen LogP contribution in [0.15, 0.2) is 0 Å². The maximum atomic E-state index is 12.0. The lowest BCUT2D eigenvalue weighted by molar-refractivity contribution is -0.155. The third-order valence-corrected chi connectivity index (χ3v) is 2.67. The molecular weight excluding hydrogens is 238 g/mol. The Morgan fingerprint density at radius 3 is 2.39 bits per heavy atom. The number of rotatable bonds is 1. The molecule has 6 heteroatoms. The second-order valence-electron chi connectivity index (χ2n) is 5.34. The zero-order valence-corrected chi connectivity index (χ0v) is 11.3. The zero-order valence-electron chi connectivity index (χ0n) is 11.3. The highest BCUT2D eigenvalue weighted by molar-refractivity contribution is 5.81. The van der Waals surface area contributed by atoms with Crippen LogP contribution in [-0.2, 0) is 14.3 Å². The molecule has 0 aromatic rings. The van der Waals surface area contributed by atoms with Crippen molar-refractivity contribution in [1.82, 2.24) is 4.90 Å². The Morgan fingerprint density at radius 1 is 1.28 bits per heavy atom. The molecule has 0 aliphatic carbocycles. The Kier molecular flexibility index (Phi) is 4.56. The van der Waals surface area contributed by atoms with Crippen LogP contribution in [0.5, 0.6) is 0 Å². The van der Waals surface area contributed by atoms with Crippen LogP contribution in [0.2, 0.25) is 0 Å². The molecule has 1 saturated heterocycles. The van der Waals surface area contributed by atoms with E-state index in [9.17, 15) is 14.7 Å². The number of carbonyl (C=O) groups excluding carboxylic acids is 2. The van der Waals surface area contributed by atoms with E-state index in [4.69, 9.17) is 4.74 Å². The number of piperidine rings is 1. The Morgan fingerprint density at radius 2 is 1.89 bits per heavy atom. The van der Waals surface area contributed by atoms with Crippen molar-refractivity contribution in [1.29, 1.82) is 0 Å². The van der Waals surface area contributed by atoms with Crippen LogP contribution < -0.4 is 0 Å². The largest absolute Gasteiger partial charge is 0.467 e. The monoisotopic (exact) mass is 259 g/mol. The van der Waals surface area contributed by atoms with Gasteiger partial charge in [-0.3, -0.25) is 4.90 Å². The second-order valence-corrected chi connectivity index (χ2v) is 5.34. The first-order valence-electron chi connectivity index (χ1n) is 6.03. The first kappa shape index (κ1) is 14.8. The summed E-state index contributed by atoms with van der Waals surface area (Å²) in [6.45, 7) is 5.19. The lowest BCUT2D eigenvalue weighted by Crippen LogP contribution is -2.54. The van der Waals surface area contributed by atoms with Gasteiger partial charge in [0.2, 0.25) is 0 Å². The number of esters is 1. The summed E-state index contributed by atoms with van der Waals surface area (Å²) in [7, 11) is 1.26. The number of methoxy groups -OCH3 is 1. The van der Waals surface area contributed by atoms with Gasteiger partial charge in [-0.1, -0.05) is 0 Å². The minimum Gasteiger partial charge on any atom is -0.467 e. The second kappa shape index (κ2) is 5.56. The molecule has 1 fully saturated rings. The third kappa shape index (κ3) is 3.60. The van der Waals surface area contributed by atoms with Crippen LogP contribution >= 0.6 is 0 Å². The highest BCUT2D eigenvalue weighted by Gasteiger charge is 2.40. The molecule has 1 aliphatic heterocycles. The summed E-state index contributed by atoms with van der Waals surface area (Å²) in [5.41, 5.74) is -0.672. The molecule has 18 heavy (non-hydrogen) atoms. The maximum Gasteiger partial charge on any atom is 0.413 e. The summed E-state index contributed by atoms with van der Waals surface area (Å²) in [5, 5.41) is 9.87. The summed E-state index contributed by atoms with van der Waals surface area (Å²) >= 11 is 0. The Bertz CT molecular complexity index is 323. The number of aliphatic hydroxyl groups is 1. The number of likely N-dealkylation sites (tertiary alicyclic amines) is 1. The van der Waals surface area contributed by atoms with Crippen LogP contribution in [0.1, 0.15) is 40.0 Å². The van der Waals surface area contributed by atoms with Gasteiger partial charge in [0.15, 0.2) is 0 Å². The first-order valence-corrected chi connectivity index (χ1v) is 6.03. The minimum atomic E-state index is -1.00. The lowest BCUT2D eigenvalue weighted by Gasteiger charge is -2.38. The van der Waals surface area contributed by atoms with E-state index in [1.54, 1.807) is 20.8 Å². The molecule has 0 unspecified atom stereocenters. The normalized spacial score (nSPS) is 24.6. The molecule has 0 aromatic carbocycles. The molecule has 1 amide bonds. The molecule has 104 valence electrons. The molecule has 1 heterocycles. The first-order chi connectivity index (χ1) is 8.26. The van der Waals surface area contributed by atoms with E-state index in [-0.39, 0.29) is 0 Å². The number of ether oxygens (including phenoxy) is 2. The number of nitrogens with zero attached hydrogens (tertiary/aromatic N) is 1. The lowest BCUT2D eigenvalue weighted by atomic mass is 10.0. The number of carbonyl (C=O) groups is 2. The molecule has 0 spiro atoms. The van der Waals surface area contributed by atoms with E-state index < -0.39 is 29.9 Å². The van der Waals surface area contributed by atoms with Crippen molar-refractivity contribution in [2.45, 2.75) is 57.9 Å². The summed E-state index contributed by atoms with van der Waals surface area (Å²) < 4.78 is 9.84. The van der Waals surface area contributed by atoms with Crippen molar-refractivity contribution < 1.29 is 24.2 Å².